The third kappa shape index (κ3) is 2.73. The van der Waals surface area contributed by atoms with Gasteiger partial charge in [0.1, 0.15) is 5.69 Å². The minimum atomic E-state index is -0.210. The summed E-state index contributed by atoms with van der Waals surface area (Å²) in [6.07, 6.45) is 0. The molecular weight excluding hydrogens is 282 g/mol. The van der Waals surface area contributed by atoms with Crippen molar-refractivity contribution in [3.8, 4) is 0 Å². The van der Waals surface area contributed by atoms with Gasteiger partial charge < -0.3 is 11.1 Å². The van der Waals surface area contributed by atoms with Gasteiger partial charge in [-0.1, -0.05) is 18.2 Å². The van der Waals surface area contributed by atoms with Gasteiger partial charge >= 0.3 is 0 Å². The number of benzene rings is 1. The molecule has 3 aromatic rings. The second kappa shape index (κ2) is 5.54. The van der Waals surface area contributed by atoms with Gasteiger partial charge in [0.25, 0.3) is 5.91 Å². The van der Waals surface area contributed by atoms with Crippen LogP contribution in [0.5, 0.6) is 0 Å². The smallest absolute Gasteiger partial charge is 0.270 e. The highest BCUT2D eigenvalue weighted by molar-refractivity contribution is 7.08. The molecule has 106 valence electrons. The number of nitrogens with zero attached hydrogens (tertiary/aromatic N) is 1. The lowest BCUT2D eigenvalue weighted by Crippen LogP contribution is -2.24. The van der Waals surface area contributed by atoms with Gasteiger partial charge in [-0.3, -0.25) is 4.79 Å². The Kier molecular flexibility index (Phi) is 3.58. The normalized spacial score (nSPS) is 10.7. The van der Waals surface area contributed by atoms with Gasteiger partial charge in [0.15, 0.2) is 0 Å². The number of aromatic nitrogens is 1. The minimum Gasteiger partial charge on any atom is -0.398 e. The van der Waals surface area contributed by atoms with Crippen molar-refractivity contribution in [3.63, 3.8) is 0 Å². The van der Waals surface area contributed by atoms with Gasteiger partial charge in [-0.2, -0.15) is 11.3 Å². The van der Waals surface area contributed by atoms with Crippen LogP contribution in [0, 0.1) is 6.92 Å². The first-order chi connectivity index (χ1) is 10.1. The van der Waals surface area contributed by atoms with Crippen molar-refractivity contribution in [2.75, 3.05) is 5.73 Å². The molecule has 0 spiro atoms. The number of aryl methyl sites for hydroxylation is 1. The number of nitrogens with one attached hydrogen (secondary N) is 1. The second-order valence-corrected chi connectivity index (χ2v) is 5.62. The number of fused-ring (bicyclic) bond motifs is 1. The summed E-state index contributed by atoms with van der Waals surface area (Å²) in [4.78, 5) is 16.6. The van der Waals surface area contributed by atoms with E-state index >= 15 is 0 Å². The first-order valence-corrected chi connectivity index (χ1v) is 7.54. The molecule has 1 aromatic carbocycles. The SMILES string of the molecule is Cc1cscc1CNC(=O)c1cc(N)c2ccccc2n1. The van der Waals surface area contributed by atoms with E-state index in [9.17, 15) is 4.79 Å². The Morgan fingerprint density at radius 3 is 2.90 bits per heavy atom. The zero-order chi connectivity index (χ0) is 14.8. The summed E-state index contributed by atoms with van der Waals surface area (Å²) in [7, 11) is 0. The van der Waals surface area contributed by atoms with Crippen molar-refractivity contribution in [2.24, 2.45) is 0 Å². The van der Waals surface area contributed by atoms with Crippen LogP contribution < -0.4 is 11.1 Å². The van der Waals surface area contributed by atoms with Crippen LogP contribution in [0.1, 0.15) is 21.6 Å². The largest absolute Gasteiger partial charge is 0.398 e. The molecule has 4 nitrogen and oxygen atoms in total. The quantitative estimate of drug-likeness (QED) is 0.780. The number of anilines is 1. The van der Waals surface area contributed by atoms with Crippen LogP contribution in [0.15, 0.2) is 41.1 Å². The number of amides is 1. The molecule has 2 aromatic heterocycles. The van der Waals surface area contributed by atoms with Gasteiger partial charge in [0.05, 0.1) is 5.52 Å². The molecule has 21 heavy (non-hydrogen) atoms. The Bertz CT molecular complexity index is 810. The van der Waals surface area contributed by atoms with Crippen molar-refractivity contribution in [3.05, 3.63) is 57.9 Å². The number of carbonyl (C=O) groups excluding carboxylic acids is 1. The fraction of sp³-hybridized carbons (Fsp3) is 0.125. The number of hydrogen-bond acceptors (Lipinski definition) is 4. The molecule has 3 rings (SSSR count). The van der Waals surface area contributed by atoms with Crippen molar-refractivity contribution in [1.82, 2.24) is 10.3 Å². The van der Waals surface area contributed by atoms with Crippen molar-refractivity contribution in [2.45, 2.75) is 13.5 Å². The minimum absolute atomic E-state index is 0.210. The van der Waals surface area contributed by atoms with Crippen LogP contribution in [-0.2, 0) is 6.54 Å². The predicted octanol–water partition coefficient (Wildman–Crippen LogP) is 3.12. The molecule has 0 atom stereocenters. The summed E-state index contributed by atoms with van der Waals surface area (Å²) in [5.74, 6) is -0.210. The summed E-state index contributed by atoms with van der Waals surface area (Å²) in [5.41, 5.74) is 9.95. The molecular formula is C16H15N3OS. The van der Waals surface area contributed by atoms with Gasteiger partial charge in [0, 0.05) is 17.6 Å². The first-order valence-electron chi connectivity index (χ1n) is 6.60. The van der Waals surface area contributed by atoms with Crippen LogP contribution in [0.4, 0.5) is 5.69 Å². The Labute approximate surface area is 126 Å². The fourth-order valence-electron chi connectivity index (χ4n) is 2.15. The number of hydrogen-bond donors (Lipinski definition) is 2. The van der Waals surface area contributed by atoms with Crippen LogP contribution >= 0.6 is 11.3 Å². The van der Waals surface area contributed by atoms with Crippen LogP contribution in [-0.4, -0.2) is 10.9 Å². The van der Waals surface area contributed by atoms with Crippen LogP contribution in [0.3, 0.4) is 0 Å². The Balaban J connectivity index is 1.83. The maximum Gasteiger partial charge on any atom is 0.270 e. The van der Waals surface area contributed by atoms with Crippen molar-refractivity contribution in [1.29, 1.82) is 0 Å². The number of para-hydroxylation sites is 1. The molecule has 0 aliphatic heterocycles. The number of nitrogens with two attached hydrogens (primary N) is 1. The van der Waals surface area contributed by atoms with E-state index in [0.717, 1.165) is 16.5 Å². The zero-order valence-electron chi connectivity index (χ0n) is 11.6. The average Bonchev–Trinajstić information content (AvgIpc) is 2.90. The number of pyridine rings is 1. The third-order valence-electron chi connectivity index (χ3n) is 3.38. The lowest BCUT2D eigenvalue weighted by molar-refractivity contribution is 0.0946. The Morgan fingerprint density at radius 1 is 1.33 bits per heavy atom. The summed E-state index contributed by atoms with van der Waals surface area (Å²) >= 11 is 1.63. The van der Waals surface area contributed by atoms with Gasteiger partial charge in [-0.05, 0) is 40.9 Å². The molecule has 0 aliphatic rings. The lowest BCUT2D eigenvalue weighted by Gasteiger charge is -2.07. The second-order valence-electron chi connectivity index (χ2n) is 4.88. The standard InChI is InChI=1S/C16H15N3OS/c1-10-8-21-9-11(10)7-18-16(20)15-6-13(17)12-4-2-3-5-14(12)19-15/h2-6,8-9H,7H2,1H3,(H2,17,19)(H,18,20). The van der Waals surface area contributed by atoms with Gasteiger partial charge in [0.2, 0.25) is 0 Å². The molecule has 0 saturated carbocycles. The highest BCUT2D eigenvalue weighted by Crippen LogP contribution is 2.20. The van der Waals surface area contributed by atoms with Gasteiger partial charge in [-0.25, -0.2) is 4.98 Å². The molecule has 1 amide bonds. The molecule has 0 radical (unpaired) electrons. The third-order valence-corrected chi connectivity index (χ3v) is 4.29. The van der Waals surface area contributed by atoms with E-state index in [4.69, 9.17) is 5.73 Å². The van der Waals surface area contributed by atoms with Crippen LogP contribution in [0.2, 0.25) is 0 Å². The molecule has 5 heteroatoms. The maximum absolute atomic E-state index is 12.2. The zero-order valence-corrected chi connectivity index (χ0v) is 12.4. The van der Waals surface area contributed by atoms with Gasteiger partial charge in [-0.15, -0.1) is 0 Å². The summed E-state index contributed by atoms with van der Waals surface area (Å²) in [6, 6.07) is 9.16. The molecule has 0 unspecified atom stereocenters. The summed E-state index contributed by atoms with van der Waals surface area (Å²) in [6.45, 7) is 2.53. The van der Waals surface area contributed by atoms with Crippen molar-refractivity contribution >= 4 is 33.8 Å². The molecule has 3 N–H and O–H groups in total. The molecule has 0 saturated heterocycles. The number of rotatable bonds is 3. The highest BCUT2D eigenvalue weighted by Gasteiger charge is 2.11. The molecule has 2 heterocycles. The molecule has 0 bridgehead atoms. The van der Waals surface area contributed by atoms with E-state index in [1.54, 1.807) is 17.4 Å². The Hall–Kier alpha value is -2.40. The molecule has 0 aliphatic carbocycles. The predicted molar refractivity (Wildman–Crippen MR) is 86.4 cm³/mol. The molecule has 0 fully saturated rings. The van der Waals surface area contributed by atoms with E-state index in [1.807, 2.05) is 36.6 Å². The monoisotopic (exact) mass is 297 g/mol. The summed E-state index contributed by atoms with van der Waals surface area (Å²) in [5, 5.41) is 7.85. The number of thiophene rings is 1. The number of nitrogen functional groups attached to an aromatic ring is 1. The maximum atomic E-state index is 12.2. The van der Waals surface area contributed by atoms with E-state index in [1.165, 1.54) is 5.56 Å². The summed E-state index contributed by atoms with van der Waals surface area (Å²) < 4.78 is 0. The Morgan fingerprint density at radius 2 is 2.14 bits per heavy atom. The van der Waals surface area contributed by atoms with E-state index in [0.29, 0.717) is 17.9 Å². The lowest BCUT2D eigenvalue weighted by atomic mass is 10.1. The first kappa shape index (κ1) is 13.6. The van der Waals surface area contributed by atoms with E-state index < -0.39 is 0 Å². The topological polar surface area (TPSA) is 68.0 Å². The highest BCUT2D eigenvalue weighted by atomic mass is 32.1. The van der Waals surface area contributed by atoms with E-state index in [2.05, 4.69) is 15.7 Å². The fourth-order valence-corrected chi connectivity index (χ4v) is 3.01. The van der Waals surface area contributed by atoms with Crippen molar-refractivity contribution < 1.29 is 4.79 Å². The van der Waals surface area contributed by atoms with Crippen LogP contribution in [0.25, 0.3) is 10.9 Å². The number of carbonyl (C=O) groups is 1. The van der Waals surface area contributed by atoms with E-state index in [-0.39, 0.29) is 5.91 Å². The average molecular weight is 297 g/mol.